The number of nitrogens with one attached hydrogen (secondary N) is 3. The van der Waals surface area contributed by atoms with E-state index in [0.717, 1.165) is 17.7 Å². The first kappa shape index (κ1) is 19.5. The molecule has 0 spiro atoms. The molecule has 0 saturated heterocycles. The maximum Gasteiger partial charge on any atom is 0.251 e. The average Bonchev–Trinajstić information content (AvgIpc) is 2.66. The molecular weight excluding hydrogens is 330 g/mol. The van der Waals surface area contributed by atoms with Gasteiger partial charge in [0.05, 0.1) is 13.7 Å². The number of anilines is 1. The number of amides is 2. The molecule has 0 radical (unpaired) electrons. The van der Waals surface area contributed by atoms with Crippen LogP contribution in [-0.2, 0) is 11.3 Å². The maximum atomic E-state index is 12.1. The molecule has 0 atom stereocenters. The van der Waals surface area contributed by atoms with Crippen LogP contribution in [0.4, 0.5) is 5.69 Å². The molecule has 0 aliphatic carbocycles. The number of carbonyl (C=O) groups is 2. The van der Waals surface area contributed by atoms with Gasteiger partial charge in [-0.1, -0.05) is 25.1 Å². The van der Waals surface area contributed by atoms with Crippen molar-refractivity contribution in [2.45, 2.75) is 19.9 Å². The van der Waals surface area contributed by atoms with Crippen molar-refractivity contribution in [1.29, 1.82) is 0 Å². The minimum atomic E-state index is -0.162. The Balaban J connectivity index is 1.80. The van der Waals surface area contributed by atoms with Crippen molar-refractivity contribution < 1.29 is 14.3 Å². The molecule has 26 heavy (non-hydrogen) atoms. The van der Waals surface area contributed by atoms with Crippen LogP contribution in [0.5, 0.6) is 5.75 Å². The first-order chi connectivity index (χ1) is 12.6. The fourth-order valence-electron chi connectivity index (χ4n) is 2.35. The van der Waals surface area contributed by atoms with Crippen molar-refractivity contribution in [2.24, 2.45) is 0 Å². The summed E-state index contributed by atoms with van der Waals surface area (Å²) in [5.41, 5.74) is 2.20. The fourth-order valence-corrected chi connectivity index (χ4v) is 2.35. The summed E-state index contributed by atoms with van der Waals surface area (Å²) in [4.78, 5) is 24.0. The molecule has 0 saturated carbocycles. The third-order valence-electron chi connectivity index (χ3n) is 3.72. The van der Waals surface area contributed by atoms with E-state index < -0.39 is 0 Å². The Hall–Kier alpha value is -2.86. The standard InChI is InChI=1S/C20H25N3O3/c1-3-11-22-20(25)16-5-4-6-17(12-16)23-19(24)14-21-13-15-7-9-18(26-2)10-8-15/h4-10,12,21H,3,11,13-14H2,1-2H3,(H,22,25)(H,23,24). The summed E-state index contributed by atoms with van der Waals surface area (Å²) in [7, 11) is 1.63. The van der Waals surface area contributed by atoms with Crippen molar-refractivity contribution in [3.8, 4) is 5.75 Å². The van der Waals surface area contributed by atoms with E-state index in [0.29, 0.717) is 24.3 Å². The number of carbonyl (C=O) groups excluding carboxylic acids is 2. The topological polar surface area (TPSA) is 79.5 Å². The van der Waals surface area contributed by atoms with Crippen LogP contribution in [0.3, 0.4) is 0 Å². The van der Waals surface area contributed by atoms with E-state index in [9.17, 15) is 9.59 Å². The van der Waals surface area contributed by atoms with Crippen LogP contribution in [0.15, 0.2) is 48.5 Å². The minimum absolute atomic E-state index is 0.138. The van der Waals surface area contributed by atoms with Gasteiger partial charge in [0.2, 0.25) is 5.91 Å². The van der Waals surface area contributed by atoms with Gasteiger partial charge >= 0.3 is 0 Å². The molecule has 2 aromatic rings. The van der Waals surface area contributed by atoms with Crippen LogP contribution in [0, 0.1) is 0 Å². The highest BCUT2D eigenvalue weighted by atomic mass is 16.5. The zero-order valence-electron chi connectivity index (χ0n) is 15.2. The molecule has 0 aliphatic rings. The van der Waals surface area contributed by atoms with Gasteiger partial charge in [0.25, 0.3) is 5.91 Å². The van der Waals surface area contributed by atoms with Gasteiger partial charge in [-0.05, 0) is 42.3 Å². The quantitative estimate of drug-likeness (QED) is 0.646. The Morgan fingerprint density at radius 2 is 1.85 bits per heavy atom. The van der Waals surface area contributed by atoms with Crippen molar-refractivity contribution >= 4 is 17.5 Å². The molecule has 0 bridgehead atoms. The van der Waals surface area contributed by atoms with E-state index in [4.69, 9.17) is 4.74 Å². The van der Waals surface area contributed by atoms with Gasteiger partial charge in [0.1, 0.15) is 5.75 Å². The number of hydrogen-bond donors (Lipinski definition) is 3. The number of rotatable bonds is 9. The van der Waals surface area contributed by atoms with Gasteiger partial charge in [0, 0.05) is 24.3 Å². The van der Waals surface area contributed by atoms with Crippen molar-refractivity contribution in [3.05, 3.63) is 59.7 Å². The second-order valence-corrected chi connectivity index (χ2v) is 5.84. The van der Waals surface area contributed by atoms with Gasteiger partial charge < -0.3 is 20.7 Å². The lowest BCUT2D eigenvalue weighted by molar-refractivity contribution is -0.115. The van der Waals surface area contributed by atoms with Crippen LogP contribution in [0.25, 0.3) is 0 Å². The summed E-state index contributed by atoms with van der Waals surface area (Å²) in [6.07, 6.45) is 0.877. The molecule has 2 amide bonds. The predicted octanol–water partition coefficient (Wildman–Crippen LogP) is 2.56. The molecule has 138 valence electrons. The van der Waals surface area contributed by atoms with E-state index in [1.54, 1.807) is 31.4 Å². The smallest absolute Gasteiger partial charge is 0.251 e. The summed E-state index contributed by atoms with van der Waals surface area (Å²) >= 11 is 0. The lowest BCUT2D eigenvalue weighted by Crippen LogP contribution is -2.28. The van der Waals surface area contributed by atoms with Gasteiger partial charge in [0.15, 0.2) is 0 Å². The maximum absolute atomic E-state index is 12.1. The minimum Gasteiger partial charge on any atom is -0.497 e. The Kier molecular flexibility index (Phi) is 7.64. The highest BCUT2D eigenvalue weighted by Crippen LogP contribution is 2.12. The SMILES string of the molecule is CCCNC(=O)c1cccc(NC(=O)CNCc2ccc(OC)cc2)c1. The molecule has 0 fully saturated rings. The highest BCUT2D eigenvalue weighted by molar-refractivity contribution is 5.97. The normalized spacial score (nSPS) is 10.2. The average molecular weight is 355 g/mol. The van der Waals surface area contributed by atoms with Gasteiger partial charge in [-0.3, -0.25) is 9.59 Å². The van der Waals surface area contributed by atoms with Crippen molar-refractivity contribution in [2.75, 3.05) is 25.5 Å². The van der Waals surface area contributed by atoms with Crippen molar-refractivity contribution in [3.63, 3.8) is 0 Å². The Labute approximate surface area is 153 Å². The van der Waals surface area contributed by atoms with Crippen LogP contribution in [0.1, 0.15) is 29.3 Å². The van der Waals surface area contributed by atoms with Gasteiger partial charge in [-0.2, -0.15) is 0 Å². The lowest BCUT2D eigenvalue weighted by atomic mass is 10.2. The predicted molar refractivity (Wildman–Crippen MR) is 102 cm³/mol. The van der Waals surface area contributed by atoms with E-state index in [1.165, 1.54) is 0 Å². The zero-order chi connectivity index (χ0) is 18.8. The fraction of sp³-hybridized carbons (Fsp3) is 0.300. The Morgan fingerprint density at radius 1 is 1.08 bits per heavy atom. The van der Waals surface area contributed by atoms with E-state index >= 15 is 0 Å². The molecular formula is C20H25N3O3. The molecule has 3 N–H and O–H groups in total. The number of hydrogen-bond acceptors (Lipinski definition) is 4. The second kappa shape index (κ2) is 10.2. The summed E-state index contributed by atoms with van der Waals surface area (Å²) in [6.45, 7) is 3.38. The number of methoxy groups -OCH3 is 1. The van der Waals surface area contributed by atoms with Crippen LogP contribution >= 0.6 is 0 Å². The lowest BCUT2D eigenvalue weighted by Gasteiger charge is -2.09. The largest absolute Gasteiger partial charge is 0.497 e. The first-order valence-corrected chi connectivity index (χ1v) is 8.64. The molecule has 0 aromatic heterocycles. The van der Waals surface area contributed by atoms with Crippen LogP contribution in [0.2, 0.25) is 0 Å². The van der Waals surface area contributed by atoms with Crippen molar-refractivity contribution in [1.82, 2.24) is 10.6 Å². The highest BCUT2D eigenvalue weighted by Gasteiger charge is 2.07. The number of ether oxygens (including phenoxy) is 1. The summed E-state index contributed by atoms with van der Waals surface area (Å²) in [5.74, 6) is 0.500. The molecule has 2 rings (SSSR count). The third kappa shape index (κ3) is 6.22. The molecule has 6 nitrogen and oxygen atoms in total. The molecule has 0 unspecified atom stereocenters. The van der Waals surface area contributed by atoms with Crippen LogP contribution < -0.4 is 20.7 Å². The molecule has 2 aromatic carbocycles. The van der Waals surface area contributed by atoms with Gasteiger partial charge in [-0.15, -0.1) is 0 Å². The van der Waals surface area contributed by atoms with E-state index in [2.05, 4.69) is 16.0 Å². The monoisotopic (exact) mass is 355 g/mol. The zero-order valence-corrected chi connectivity index (χ0v) is 15.2. The molecule has 0 heterocycles. The third-order valence-corrected chi connectivity index (χ3v) is 3.72. The number of benzene rings is 2. The summed E-state index contributed by atoms with van der Waals surface area (Å²) in [5, 5.41) is 8.71. The van der Waals surface area contributed by atoms with Crippen LogP contribution in [-0.4, -0.2) is 32.0 Å². The second-order valence-electron chi connectivity index (χ2n) is 5.84. The van der Waals surface area contributed by atoms with Gasteiger partial charge in [-0.25, -0.2) is 0 Å². The first-order valence-electron chi connectivity index (χ1n) is 8.64. The molecule has 6 heteroatoms. The summed E-state index contributed by atoms with van der Waals surface area (Å²) in [6, 6.07) is 14.6. The Bertz CT molecular complexity index is 729. The van der Waals surface area contributed by atoms with E-state index in [1.807, 2.05) is 31.2 Å². The van der Waals surface area contributed by atoms with E-state index in [-0.39, 0.29) is 18.4 Å². The molecule has 0 aliphatic heterocycles. The Morgan fingerprint density at radius 3 is 2.54 bits per heavy atom. The summed E-state index contributed by atoms with van der Waals surface area (Å²) < 4.78 is 5.11.